The molecular weight excluding hydrogens is 260 g/mol. The molecule has 3 nitrogen and oxygen atoms in total. The molecule has 1 aromatic carbocycles. The van der Waals surface area contributed by atoms with Crippen LogP contribution in [0.3, 0.4) is 0 Å². The maximum absolute atomic E-state index is 6.13. The van der Waals surface area contributed by atoms with Crippen LogP contribution in [-0.2, 0) is 4.74 Å². The van der Waals surface area contributed by atoms with Crippen LogP contribution in [0.5, 0.6) is 0 Å². The van der Waals surface area contributed by atoms with E-state index in [1.54, 1.807) is 0 Å². The van der Waals surface area contributed by atoms with Crippen LogP contribution in [0.25, 0.3) is 0 Å². The van der Waals surface area contributed by atoms with Crippen molar-refractivity contribution in [1.82, 2.24) is 5.43 Å². The quantitative estimate of drug-likeness (QED) is 0.619. The molecule has 2 unspecified atom stereocenters. The number of nitrogens with two attached hydrogens (primary N) is 1. The Bertz CT molecular complexity index is 421. The average molecular weight is 290 g/mol. The molecule has 1 aliphatic carbocycles. The molecule has 0 radical (unpaired) electrons. The van der Waals surface area contributed by atoms with Crippen LogP contribution in [0.1, 0.15) is 61.8 Å². The van der Waals surface area contributed by atoms with Gasteiger partial charge in [-0.3, -0.25) is 11.3 Å². The number of nitrogens with one attached hydrogen (secondary N) is 1. The number of rotatable bonds is 6. The average Bonchev–Trinajstić information content (AvgIpc) is 2.47. The topological polar surface area (TPSA) is 47.3 Å². The molecule has 1 saturated carbocycles. The minimum Gasteiger partial charge on any atom is -0.376 e. The van der Waals surface area contributed by atoms with Gasteiger partial charge in [-0.05, 0) is 45.1 Å². The van der Waals surface area contributed by atoms with Gasteiger partial charge in [0.1, 0.15) is 0 Å². The maximum Gasteiger partial charge on any atom is 0.0810 e. The zero-order chi connectivity index (χ0) is 15.2. The van der Waals surface area contributed by atoms with Gasteiger partial charge in [0.2, 0.25) is 0 Å². The first-order valence-electron chi connectivity index (χ1n) is 8.31. The summed E-state index contributed by atoms with van der Waals surface area (Å²) in [4.78, 5) is 0. The normalized spacial score (nSPS) is 19.4. The van der Waals surface area contributed by atoms with Gasteiger partial charge in [0, 0.05) is 6.61 Å². The van der Waals surface area contributed by atoms with Crippen molar-refractivity contribution in [1.29, 1.82) is 0 Å². The van der Waals surface area contributed by atoms with Gasteiger partial charge < -0.3 is 4.74 Å². The Labute approximate surface area is 129 Å². The van der Waals surface area contributed by atoms with Crippen molar-refractivity contribution in [2.45, 2.75) is 65.0 Å². The van der Waals surface area contributed by atoms with Gasteiger partial charge in [-0.25, -0.2) is 0 Å². The number of hydrogen-bond acceptors (Lipinski definition) is 3. The van der Waals surface area contributed by atoms with Gasteiger partial charge in [0.15, 0.2) is 0 Å². The lowest BCUT2D eigenvalue weighted by atomic mass is 9.80. The lowest BCUT2D eigenvalue weighted by molar-refractivity contribution is -0.0184. The summed E-state index contributed by atoms with van der Waals surface area (Å²) >= 11 is 0. The van der Waals surface area contributed by atoms with Crippen molar-refractivity contribution in [3.8, 4) is 0 Å². The number of ether oxygens (including phenoxy) is 1. The fourth-order valence-electron chi connectivity index (χ4n) is 3.73. The summed E-state index contributed by atoms with van der Waals surface area (Å²) in [7, 11) is 0. The molecule has 0 bridgehead atoms. The van der Waals surface area contributed by atoms with E-state index in [9.17, 15) is 0 Å². The molecule has 118 valence electrons. The van der Waals surface area contributed by atoms with Gasteiger partial charge in [0.05, 0.1) is 12.1 Å². The first kappa shape index (κ1) is 16.5. The molecule has 0 heterocycles. The molecule has 0 amide bonds. The minimum absolute atomic E-state index is 0.0756. The summed E-state index contributed by atoms with van der Waals surface area (Å²) in [6.45, 7) is 7.09. The van der Waals surface area contributed by atoms with Crippen LogP contribution in [0, 0.1) is 19.8 Å². The van der Waals surface area contributed by atoms with E-state index in [2.05, 4.69) is 44.4 Å². The largest absolute Gasteiger partial charge is 0.376 e. The number of hydrazine groups is 1. The monoisotopic (exact) mass is 290 g/mol. The molecule has 3 N–H and O–H groups in total. The molecule has 1 aliphatic rings. The summed E-state index contributed by atoms with van der Waals surface area (Å²) < 4.78 is 6.13. The van der Waals surface area contributed by atoms with E-state index in [0.717, 1.165) is 6.61 Å². The second kappa shape index (κ2) is 7.92. The first-order chi connectivity index (χ1) is 10.2. The Morgan fingerprint density at radius 1 is 1.14 bits per heavy atom. The predicted octanol–water partition coefficient (Wildman–Crippen LogP) is 3.79. The third-order valence-corrected chi connectivity index (χ3v) is 4.58. The molecule has 2 rings (SSSR count). The fourth-order valence-corrected chi connectivity index (χ4v) is 3.73. The van der Waals surface area contributed by atoms with Crippen LogP contribution >= 0.6 is 0 Å². The lowest BCUT2D eigenvalue weighted by Gasteiger charge is -2.35. The van der Waals surface area contributed by atoms with Gasteiger partial charge in [-0.1, -0.05) is 48.6 Å². The highest BCUT2D eigenvalue weighted by Crippen LogP contribution is 2.34. The van der Waals surface area contributed by atoms with Crippen LogP contribution in [0.2, 0.25) is 0 Å². The minimum atomic E-state index is 0.0756. The summed E-state index contributed by atoms with van der Waals surface area (Å²) in [5.41, 5.74) is 6.84. The molecular formula is C18H30N2O. The third-order valence-electron chi connectivity index (χ3n) is 4.58. The van der Waals surface area contributed by atoms with Crippen molar-refractivity contribution >= 4 is 0 Å². The Balaban J connectivity index is 2.25. The van der Waals surface area contributed by atoms with Crippen molar-refractivity contribution in [2.75, 3.05) is 6.61 Å². The predicted molar refractivity (Wildman–Crippen MR) is 88.0 cm³/mol. The Morgan fingerprint density at radius 3 is 2.29 bits per heavy atom. The molecule has 2 atom stereocenters. The van der Waals surface area contributed by atoms with Crippen LogP contribution in [0.15, 0.2) is 18.2 Å². The highest BCUT2D eigenvalue weighted by Gasteiger charge is 2.31. The second-order valence-electron chi connectivity index (χ2n) is 6.38. The molecule has 0 aliphatic heterocycles. The van der Waals surface area contributed by atoms with Crippen molar-refractivity contribution in [3.63, 3.8) is 0 Å². The lowest BCUT2D eigenvalue weighted by Crippen LogP contribution is -2.42. The van der Waals surface area contributed by atoms with E-state index in [-0.39, 0.29) is 12.1 Å². The number of hydrogen-bond donors (Lipinski definition) is 2. The van der Waals surface area contributed by atoms with E-state index < -0.39 is 0 Å². The standard InChI is InChI=1S/C18H30N2O/c1-4-21-18(15-8-6-5-7-9-15)17(20-19)16-11-13(2)10-14(3)12-16/h10-12,15,17-18,20H,4-9,19H2,1-3H3. The first-order valence-corrected chi connectivity index (χ1v) is 8.31. The van der Waals surface area contributed by atoms with E-state index in [1.807, 2.05) is 0 Å². The molecule has 3 heteroatoms. The summed E-state index contributed by atoms with van der Waals surface area (Å²) in [5, 5.41) is 0. The van der Waals surface area contributed by atoms with E-state index in [4.69, 9.17) is 10.6 Å². The molecule has 0 spiro atoms. The maximum atomic E-state index is 6.13. The summed E-state index contributed by atoms with van der Waals surface area (Å²) in [6.07, 6.45) is 6.68. The SMILES string of the molecule is CCOC(C1CCCCC1)C(NN)c1cc(C)cc(C)c1. The van der Waals surface area contributed by atoms with Gasteiger partial charge in [-0.2, -0.15) is 0 Å². The van der Waals surface area contributed by atoms with Gasteiger partial charge in [0.25, 0.3) is 0 Å². The molecule has 1 aromatic rings. The van der Waals surface area contributed by atoms with Gasteiger partial charge in [-0.15, -0.1) is 0 Å². The van der Waals surface area contributed by atoms with E-state index in [1.165, 1.54) is 48.8 Å². The fraction of sp³-hybridized carbons (Fsp3) is 0.667. The second-order valence-corrected chi connectivity index (χ2v) is 6.38. The molecule has 0 saturated heterocycles. The molecule has 0 aromatic heterocycles. The number of aryl methyl sites for hydroxylation is 2. The van der Waals surface area contributed by atoms with Crippen LogP contribution in [0.4, 0.5) is 0 Å². The van der Waals surface area contributed by atoms with E-state index in [0.29, 0.717) is 5.92 Å². The summed E-state index contributed by atoms with van der Waals surface area (Å²) in [6, 6.07) is 6.73. The van der Waals surface area contributed by atoms with Crippen LogP contribution < -0.4 is 11.3 Å². The highest BCUT2D eigenvalue weighted by molar-refractivity contribution is 5.31. The van der Waals surface area contributed by atoms with Crippen molar-refractivity contribution in [2.24, 2.45) is 11.8 Å². The zero-order valence-corrected chi connectivity index (χ0v) is 13.7. The number of benzene rings is 1. The Hall–Kier alpha value is -0.900. The molecule has 1 fully saturated rings. The Morgan fingerprint density at radius 2 is 1.76 bits per heavy atom. The Kier molecular flexibility index (Phi) is 6.22. The highest BCUT2D eigenvalue weighted by atomic mass is 16.5. The van der Waals surface area contributed by atoms with Crippen molar-refractivity contribution < 1.29 is 4.74 Å². The molecule has 21 heavy (non-hydrogen) atoms. The zero-order valence-electron chi connectivity index (χ0n) is 13.7. The summed E-state index contributed by atoms with van der Waals surface area (Å²) in [5.74, 6) is 6.52. The third kappa shape index (κ3) is 4.29. The van der Waals surface area contributed by atoms with Crippen molar-refractivity contribution in [3.05, 3.63) is 34.9 Å². The van der Waals surface area contributed by atoms with Gasteiger partial charge >= 0.3 is 0 Å². The smallest absolute Gasteiger partial charge is 0.0810 e. The van der Waals surface area contributed by atoms with Crippen LogP contribution in [-0.4, -0.2) is 12.7 Å². The van der Waals surface area contributed by atoms with E-state index >= 15 is 0 Å².